The summed E-state index contributed by atoms with van der Waals surface area (Å²) < 4.78 is 15.5. The van der Waals surface area contributed by atoms with Crippen molar-refractivity contribution in [2.75, 3.05) is 29.8 Å². The first-order valence-corrected chi connectivity index (χ1v) is 12.6. The zero-order valence-electron chi connectivity index (χ0n) is 21.0. The Morgan fingerprint density at radius 2 is 1.41 bits per heavy atom. The fourth-order valence-corrected chi connectivity index (χ4v) is 4.75. The minimum absolute atomic E-state index is 0.154. The molecule has 0 saturated carbocycles. The number of benzene rings is 3. The first-order valence-electron chi connectivity index (χ1n) is 11.8. The van der Waals surface area contributed by atoms with E-state index in [9.17, 15) is 14.4 Å². The number of hydrogen-bond acceptors (Lipinski definition) is 8. The molecule has 0 bridgehead atoms. The van der Waals surface area contributed by atoms with E-state index < -0.39 is 11.8 Å². The van der Waals surface area contributed by atoms with E-state index in [1.807, 2.05) is 0 Å². The van der Waals surface area contributed by atoms with Gasteiger partial charge in [0.2, 0.25) is 0 Å². The summed E-state index contributed by atoms with van der Waals surface area (Å²) >= 11 is 1.15. The Labute approximate surface area is 228 Å². The lowest BCUT2D eigenvalue weighted by Gasteiger charge is -2.15. The molecule has 196 valence electrons. The van der Waals surface area contributed by atoms with Crippen LogP contribution in [0.15, 0.2) is 111 Å². The molecule has 39 heavy (non-hydrogen) atoms. The molecule has 0 unspecified atom stereocenters. The second kappa shape index (κ2) is 11.2. The van der Waals surface area contributed by atoms with Crippen LogP contribution in [0.3, 0.4) is 0 Å². The van der Waals surface area contributed by atoms with Crippen molar-refractivity contribution in [1.29, 1.82) is 0 Å². The number of nitrogens with zero attached hydrogens (tertiary/aromatic N) is 1. The number of hydrogen-bond donors (Lipinski definition) is 2. The molecule has 10 heteroatoms. The van der Waals surface area contributed by atoms with Crippen LogP contribution in [0.25, 0.3) is 0 Å². The molecule has 1 aliphatic heterocycles. The highest BCUT2D eigenvalue weighted by atomic mass is 32.2. The molecule has 5 rings (SSSR count). The van der Waals surface area contributed by atoms with Gasteiger partial charge in [-0.05, 0) is 84.9 Å². The van der Waals surface area contributed by atoms with E-state index in [0.29, 0.717) is 33.5 Å². The maximum absolute atomic E-state index is 13.6. The number of carbonyl (C=O) groups excluding carboxylic acids is 3. The number of furan rings is 1. The molecule has 3 amide bonds. The monoisotopic (exact) mass is 541 g/mol. The molecule has 4 aromatic rings. The normalized spacial score (nSPS) is 13.0. The minimum Gasteiger partial charge on any atom is -0.497 e. The van der Waals surface area contributed by atoms with E-state index in [1.54, 1.807) is 99.1 Å². The maximum Gasteiger partial charge on any atom is 0.291 e. The molecule has 1 aromatic heterocycles. The molecule has 0 atom stereocenters. The maximum atomic E-state index is 13.6. The number of ether oxygens (including phenoxy) is 2. The van der Waals surface area contributed by atoms with Gasteiger partial charge in [0.15, 0.2) is 5.76 Å². The van der Waals surface area contributed by atoms with Gasteiger partial charge < -0.3 is 24.5 Å². The molecule has 0 radical (unpaired) electrons. The van der Waals surface area contributed by atoms with Gasteiger partial charge in [0, 0.05) is 16.3 Å². The second-order valence-electron chi connectivity index (χ2n) is 8.26. The quantitative estimate of drug-likeness (QED) is 0.266. The van der Waals surface area contributed by atoms with Gasteiger partial charge in [-0.2, -0.15) is 0 Å². The summed E-state index contributed by atoms with van der Waals surface area (Å²) in [6.45, 7) is 0. The van der Waals surface area contributed by atoms with Crippen LogP contribution in [0.5, 0.6) is 11.5 Å². The van der Waals surface area contributed by atoms with Gasteiger partial charge >= 0.3 is 0 Å². The number of carbonyl (C=O) groups is 3. The predicted molar refractivity (Wildman–Crippen MR) is 148 cm³/mol. The van der Waals surface area contributed by atoms with Crippen LogP contribution in [0.2, 0.25) is 0 Å². The van der Waals surface area contributed by atoms with Crippen molar-refractivity contribution in [1.82, 2.24) is 0 Å². The molecule has 0 aliphatic carbocycles. The predicted octanol–water partition coefficient (Wildman–Crippen LogP) is 5.54. The Morgan fingerprint density at radius 3 is 2.00 bits per heavy atom. The SMILES string of the molecule is COc1ccc(NC2=C(Sc3ccc(NC(=O)c4ccco4)cc3)C(=O)N(c3ccc(OC)cc3)C2=O)cc1. The number of thioether (sulfide) groups is 1. The number of methoxy groups -OCH3 is 2. The van der Waals surface area contributed by atoms with Crippen LogP contribution < -0.4 is 25.0 Å². The van der Waals surface area contributed by atoms with Crippen molar-refractivity contribution in [2.24, 2.45) is 0 Å². The molecule has 9 nitrogen and oxygen atoms in total. The van der Waals surface area contributed by atoms with Gasteiger partial charge in [-0.1, -0.05) is 11.8 Å². The summed E-state index contributed by atoms with van der Waals surface area (Å²) in [5, 5.41) is 5.87. The average Bonchev–Trinajstić information content (AvgIpc) is 3.58. The number of rotatable bonds is 9. The van der Waals surface area contributed by atoms with Crippen molar-refractivity contribution >= 4 is 46.5 Å². The summed E-state index contributed by atoms with van der Waals surface area (Å²) in [4.78, 5) is 41.5. The summed E-state index contributed by atoms with van der Waals surface area (Å²) in [5.74, 6) is 0.155. The Morgan fingerprint density at radius 1 is 0.795 bits per heavy atom. The lowest BCUT2D eigenvalue weighted by molar-refractivity contribution is -0.120. The third-order valence-electron chi connectivity index (χ3n) is 5.81. The number of amides is 3. The standard InChI is InChI=1S/C29H23N3O6S/c1-36-21-11-5-18(6-12-21)30-25-26(29(35)32(28(25)34)20-9-13-22(37-2)14-10-20)39-23-15-7-19(8-16-23)31-27(33)24-4-3-17-38-24/h3-17,30H,1-2H3,(H,31,33). The van der Waals surface area contributed by atoms with E-state index in [4.69, 9.17) is 13.9 Å². The molecule has 3 aromatic carbocycles. The zero-order chi connectivity index (χ0) is 27.4. The van der Waals surface area contributed by atoms with E-state index in [0.717, 1.165) is 16.7 Å². The lowest BCUT2D eigenvalue weighted by Crippen LogP contribution is -2.32. The van der Waals surface area contributed by atoms with Crippen LogP contribution in [0, 0.1) is 0 Å². The van der Waals surface area contributed by atoms with Gasteiger partial charge in [-0.15, -0.1) is 0 Å². The molecule has 2 heterocycles. The first kappa shape index (κ1) is 25.7. The third kappa shape index (κ3) is 5.51. The molecule has 1 aliphatic rings. The average molecular weight is 542 g/mol. The van der Waals surface area contributed by atoms with Crippen molar-refractivity contribution in [3.05, 3.63) is 108 Å². The largest absolute Gasteiger partial charge is 0.497 e. The topological polar surface area (TPSA) is 110 Å². The zero-order valence-corrected chi connectivity index (χ0v) is 21.8. The summed E-state index contributed by atoms with van der Waals surface area (Å²) in [6.07, 6.45) is 1.43. The highest BCUT2D eigenvalue weighted by Crippen LogP contribution is 2.38. The van der Waals surface area contributed by atoms with Crippen LogP contribution in [0.1, 0.15) is 10.6 Å². The van der Waals surface area contributed by atoms with Crippen LogP contribution in [0.4, 0.5) is 17.1 Å². The second-order valence-corrected chi connectivity index (χ2v) is 9.34. The highest BCUT2D eigenvalue weighted by molar-refractivity contribution is 8.04. The van der Waals surface area contributed by atoms with Crippen molar-refractivity contribution < 1.29 is 28.3 Å². The summed E-state index contributed by atoms with van der Waals surface area (Å²) in [5.41, 5.74) is 1.75. The summed E-state index contributed by atoms with van der Waals surface area (Å²) in [7, 11) is 3.11. The molecule has 0 saturated heterocycles. The van der Waals surface area contributed by atoms with E-state index in [-0.39, 0.29) is 22.3 Å². The van der Waals surface area contributed by atoms with Crippen molar-refractivity contribution in [3.8, 4) is 11.5 Å². The van der Waals surface area contributed by atoms with Crippen LogP contribution in [-0.2, 0) is 9.59 Å². The Bertz CT molecular complexity index is 1530. The van der Waals surface area contributed by atoms with E-state index in [1.165, 1.54) is 6.26 Å². The van der Waals surface area contributed by atoms with E-state index >= 15 is 0 Å². The van der Waals surface area contributed by atoms with Crippen LogP contribution in [-0.4, -0.2) is 31.9 Å². The fraction of sp³-hybridized carbons (Fsp3) is 0.0690. The number of anilines is 3. The first-order chi connectivity index (χ1) is 19.0. The Kier molecular flexibility index (Phi) is 7.37. The summed E-state index contributed by atoms with van der Waals surface area (Å²) in [6, 6.07) is 23.9. The van der Waals surface area contributed by atoms with Gasteiger partial charge in [-0.3, -0.25) is 14.4 Å². The Balaban J connectivity index is 1.42. The number of nitrogens with one attached hydrogen (secondary N) is 2. The molecule has 0 spiro atoms. The molecule has 0 fully saturated rings. The van der Waals surface area contributed by atoms with E-state index in [2.05, 4.69) is 10.6 Å². The smallest absolute Gasteiger partial charge is 0.291 e. The minimum atomic E-state index is -0.481. The molecule has 2 N–H and O–H groups in total. The highest BCUT2D eigenvalue weighted by Gasteiger charge is 2.40. The van der Waals surface area contributed by atoms with Crippen molar-refractivity contribution in [3.63, 3.8) is 0 Å². The number of imide groups is 1. The Hall–Kier alpha value is -4.96. The van der Waals surface area contributed by atoms with Gasteiger partial charge in [0.25, 0.3) is 17.7 Å². The lowest BCUT2D eigenvalue weighted by atomic mass is 10.2. The fourth-order valence-electron chi connectivity index (χ4n) is 3.82. The van der Waals surface area contributed by atoms with Gasteiger partial charge in [0.1, 0.15) is 22.1 Å². The molecular weight excluding hydrogens is 518 g/mol. The van der Waals surface area contributed by atoms with Gasteiger partial charge in [0.05, 0.1) is 26.2 Å². The van der Waals surface area contributed by atoms with Crippen LogP contribution >= 0.6 is 11.8 Å². The van der Waals surface area contributed by atoms with Crippen molar-refractivity contribution in [2.45, 2.75) is 4.90 Å². The van der Waals surface area contributed by atoms with Gasteiger partial charge in [-0.25, -0.2) is 4.90 Å². The molecular formula is C29H23N3O6S. The third-order valence-corrected chi connectivity index (χ3v) is 6.90.